The molecular formula is C17H19NO. The van der Waals surface area contributed by atoms with Gasteiger partial charge in [-0.25, -0.2) is 0 Å². The first-order valence-electron chi connectivity index (χ1n) is 7.22. The molecule has 1 heterocycles. The monoisotopic (exact) mass is 253 g/mol. The number of hydrogen-bond donors (Lipinski definition) is 2. The average Bonchev–Trinajstić information content (AvgIpc) is 3.03. The molecule has 1 aliphatic carbocycles. The third-order valence-corrected chi connectivity index (χ3v) is 5.01. The summed E-state index contributed by atoms with van der Waals surface area (Å²) in [7, 11) is 0. The summed E-state index contributed by atoms with van der Waals surface area (Å²) in [5, 5.41) is 17.1. The smallest absolute Gasteiger partial charge is 0.105 e. The van der Waals surface area contributed by atoms with Gasteiger partial charge in [-0.2, -0.15) is 0 Å². The van der Waals surface area contributed by atoms with Crippen molar-refractivity contribution in [2.24, 2.45) is 5.92 Å². The number of rotatable bonds is 1. The van der Waals surface area contributed by atoms with Gasteiger partial charge in [0.1, 0.15) is 5.60 Å². The normalized spacial score (nSPS) is 33.7. The van der Waals surface area contributed by atoms with E-state index >= 15 is 0 Å². The Morgan fingerprint density at radius 1 is 1.05 bits per heavy atom. The van der Waals surface area contributed by atoms with Crippen LogP contribution in [-0.4, -0.2) is 17.7 Å². The molecule has 2 nitrogen and oxygen atoms in total. The van der Waals surface area contributed by atoms with Crippen molar-refractivity contribution in [1.82, 2.24) is 5.32 Å². The molecule has 0 aromatic heterocycles. The molecule has 1 saturated carbocycles. The number of aliphatic hydroxyl groups is 1. The van der Waals surface area contributed by atoms with Crippen molar-refractivity contribution in [3.05, 3.63) is 48.0 Å². The minimum atomic E-state index is -0.675. The molecule has 1 saturated heterocycles. The molecule has 19 heavy (non-hydrogen) atoms. The molecule has 2 N–H and O–H groups in total. The predicted molar refractivity (Wildman–Crippen MR) is 77.0 cm³/mol. The van der Waals surface area contributed by atoms with Gasteiger partial charge in [-0.3, -0.25) is 0 Å². The number of nitrogens with one attached hydrogen (secondary N) is 1. The summed E-state index contributed by atoms with van der Waals surface area (Å²) in [6.07, 6.45) is 3.23. The van der Waals surface area contributed by atoms with E-state index in [4.69, 9.17) is 0 Å². The lowest BCUT2D eigenvalue weighted by Crippen LogP contribution is -2.43. The van der Waals surface area contributed by atoms with E-state index in [1.54, 1.807) is 0 Å². The van der Waals surface area contributed by atoms with E-state index in [0.29, 0.717) is 5.92 Å². The Balaban J connectivity index is 1.81. The summed E-state index contributed by atoms with van der Waals surface area (Å²) < 4.78 is 0. The van der Waals surface area contributed by atoms with Crippen LogP contribution < -0.4 is 5.32 Å². The molecule has 2 heteroatoms. The summed E-state index contributed by atoms with van der Waals surface area (Å²) in [4.78, 5) is 0. The van der Waals surface area contributed by atoms with Crippen molar-refractivity contribution < 1.29 is 5.11 Å². The Bertz CT molecular complexity index is 623. The molecule has 2 aromatic rings. The van der Waals surface area contributed by atoms with Crippen molar-refractivity contribution in [2.75, 3.05) is 6.54 Å². The van der Waals surface area contributed by atoms with Crippen molar-refractivity contribution in [3.63, 3.8) is 0 Å². The van der Waals surface area contributed by atoms with E-state index in [1.165, 1.54) is 17.2 Å². The molecule has 0 amide bonds. The molecule has 0 unspecified atom stereocenters. The van der Waals surface area contributed by atoms with Crippen molar-refractivity contribution in [3.8, 4) is 0 Å². The fraction of sp³-hybridized carbons (Fsp3) is 0.412. The second kappa shape index (κ2) is 4.06. The van der Waals surface area contributed by atoms with Gasteiger partial charge < -0.3 is 10.4 Å². The molecule has 2 fully saturated rings. The van der Waals surface area contributed by atoms with Crippen molar-refractivity contribution in [2.45, 2.75) is 30.9 Å². The molecule has 0 bridgehead atoms. The topological polar surface area (TPSA) is 32.3 Å². The van der Waals surface area contributed by atoms with Gasteiger partial charge in [0.05, 0.1) is 0 Å². The van der Waals surface area contributed by atoms with Gasteiger partial charge in [0.2, 0.25) is 0 Å². The highest BCUT2D eigenvalue weighted by Crippen LogP contribution is 2.46. The van der Waals surface area contributed by atoms with E-state index in [2.05, 4.69) is 47.8 Å². The molecule has 2 aliphatic rings. The summed E-state index contributed by atoms with van der Waals surface area (Å²) in [5.74, 6) is 0.650. The fourth-order valence-electron chi connectivity index (χ4n) is 3.97. The largest absolute Gasteiger partial charge is 0.384 e. The van der Waals surface area contributed by atoms with Crippen molar-refractivity contribution >= 4 is 10.8 Å². The average molecular weight is 253 g/mol. The molecule has 0 radical (unpaired) electrons. The van der Waals surface area contributed by atoms with Crippen LogP contribution in [-0.2, 0) is 5.60 Å². The lowest BCUT2D eigenvalue weighted by molar-refractivity contribution is 0.0169. The van der Waals surface area contributed by atoms with Crippen LogP contribution in [0.4, 0.5) is 0 Å². The van der Waals surface area contributed by atoms with E-state index in [9.17, 15) is 5.11 Å². The van der Waals surface area contributed by atoms with Gasteiger partial charge in [0, 0.05) is 6.04 Å². The van der Waals surface area contributed by atoms with Crippen LogP contribution in [0.2, 0.25) is 0 Å². The number of hydrogen-bond acceptors (Lipinski definition) is 2. The Kier molecular flexibility index (Phi) is 2.44. The minimum Gasteiger partial charge on any atom is -0.384 e. The molecule has 4 rings (SSSR count). The zero-order chi connectivity index (χ0) is 12.9. The maximum absolute atomic E-state index is 11.1. The highest BCUT2D eigenvalue weighted by molar-refractivity contribution is 5.83. The second-order valence-corrected chi connectivity index (χ2v) is 6.01. The van der Waals surface area contributed by atoms with Crippen LogP contribution in [0.15, 0.2) is 42.5 Å². The van der Waals surface area contributed by atoms with Crippen LogP contribution in [0, 0.1) is 5.92 Å². The third-order valence-electron chi connectivity index (χ3n) is 5.01. The van der Waals surface area contributed by atoms with Gasteiger partial charge in [0.15, 0.2) is 0 Å². The maximum Gasteiger partial charge on any atom is 0.105 e. The van der Waals surface area contributed by atoms with Gasteiger partial charge in [-0.15, -0.1) is 0 Å². The molecule has 2 aromatic carbocycles. The first kappa shape index (κ1) is 11.4. The second-order valence-electron chi connectivity index (χ2n) is 6.01. The van der Waals surface area contributed by atoms with Crippen LogP contribution in [0.5, 0.6) is 0 Å². The first-order valence-corrected chi connectivity index (χ1v) is 7.22. The summed E-state index contributed by atoms with van der Waals surface area (Å²) in [5.41, 5.74) is 0.402. The SMILES string of the molecule is O[C@@]1(c2ccc3ccccc3c2)CC[C@H]2CCN[C@H]21. The third kappa shape index (κ3) is 1.63. The molecule has 1 aliphatic heterocycles. The van der Waals surface area contributed by atoms with E-state index in [-0.39, 0.29) is 6.04 Å². The minimum absolute atomic E-state index is 0.244. The Hall–Kier alpha value is -1.38. The zero-order valence-electron chi connectivity index (χ0n) is 11.0. The quantitative estimate of drug-likeness (QED) is 0.819. The standard InChI is InChI=1S/C17H19NO/c19-17(9-7-13-8-10-18-16(13)17)15-6-5-12-3-1-2-4-14(12)11-15/h1-6,11,13,16,18-19H,7-10H2/t13-,16+,17+/m0/s1. The van der Waals surface area contributed by atoms with E-state index in [0.717, 1.165) is 24.9 Å². The fourth-order valence-corrected chi connectivity index (χ4v) is 3.97. The van der Waals surface area contributed by atoms with Crippen molar-refractivity contribution in [1.29, 1.82) is 0 Å². The summed E-state index contributed by atoms with van der Waals surface area (Å²) in [6, 6.07) is 15.0. The molecule has 98 valence electrons. The molecule has 0 spiro atoms. The maximum atomic E-state index is 11.1. The van der Waals surface area contributed by atoms with Gasteiger partial charge in [-0.1, -0.05) is 36.4 Å². The van der Waals surface area contributed by atoms with Gasteiger partial charge in [0.25, 0.3) is 0 Å². The lowest BCUT2D eigenvalue weighted by atomic mass is 9.86. The van der Waals surface area contributed by atoms with Gasteiger partial charge in [-0.05, 0) is 54.1 Å². The Labute approximate surface area is 113 Å². The Morgan fingerprint density at radius 2 is 1.89 bits per heavy atom. The number of benzene rings is 2. The van der Waals surface area contributed by atoms with E-state index < -0.39 is 5.60 Å². The van der Waals surface area contributed by atoms with Crippen LogP contribution in [0.25, 0.3) is 10.8 Å². The highest BCUT2D eigenvalue weighted by atomic mass is 16.3. The molecular weight excluding hydrogens is 234 g/mol. The zero-order valence-corrected chi connectivity index (χ0v) is 11.0. The van der Waals surface area contributed by atoms with Crippen LogP contribution >= 0.6 is 0 Å². The Morgan fingerprint density at radius 3 is 2.79 bits per heavy atom. The van der Waals surface area contributed by atoms with Gasteiger partial charge >= 0.3 is 0 Å². The predicted octanol–water partition coefficient (Wildman–Crippen LogP) is 2.80. The highest BCUT2D eigenvalue weighted by Gasteiger charge is 2.50. The summed E-state index contributed by atoms with van der Waals surface area (Å²) in [6.45, 7) is 1.05. The lowest BCUT2D eigenvalue weighted by Gasteiger charge is -2.30. The van der Waals surface area contributed by atoms with Crippen LogP contribution in [0.1, 0.15) is 24.8 Å². The molecule has 3 atom stereocenters. The first-order chi connectivity index (χ1) is 9.27. The van der Waals surface area contributed by atoms with Crippen LogP contribution in [0.3, 0.4) is 0 Å². The van der Waals surface area contributed by atoms with E-state index in [1.807, 2.05) is 0 Å². The summed E-state index contributed by atoms with van der Waals surface area (Å²) >= 11 is 0. The number of fused-ring (bicyclic) bond motifs is 2.